The minimum absolute atomic E-state index is 0.330. The van der Waals surface area contributed by atoms with E-state index in [1.54, 1.807) is 19.1 Å². The van der Waals surface area contributed by atoms with Crippen LogP contribution in [0, 0.1) is 6.92 Å². The fraction of sp³-hybridized carbons (Fsp3) is 0.125. The van der Waals surface area contributed by atoms with Crippen molar-refractivity contribution in [2.24, 2.45) is 0 Å². The largest absolute Gasteiger partial charge is 0.416 e. The molecule has 0 aliphatic carbocycles. The van der Waals surface area contributed by atoms with Gasteiger partial charge in [-0.2, -0.15) is 13.2 Å². The van der Waals surface area contributed by atoms with Gasteiger partial charge in [0.15, 0.2) is 0 Å². The van der Waals surface area contributed by atoms with Gasteiger partial charge in [-0.05, 0) is 48.4 Å². The van der Waals surface area contributed by atoms with E-state index in [4.69, 9.17) is 11.6 Å². The van der Waals surface area contributed by atoms with Crippen LogP contribution >= 0.6 is 11.6 Å². The van der Waals surface area contributed by atoms with Crippen molar-refractivity contribution in [3.05, 3.63) is 69.7 Å². The second-order valence-corrected chi connectivity index (χ2v) is 4.98. The Morgan fingerprint density at radius 1 is 1.05 bits per heavy atom. The molecule has 0 unspecified atom stereocenters. The molecular formula is C16H11ClF4. The van der Waals surface area contributed by atoms with E-state index in [1.807, 2.05) is 0 Å². The van der Waals surface area contributed by atoms with Crippen LogP contribution in [-0.2, 0) is 6.18 Å². The lowest BCUT2D eigenvalue weighted by molar-refractivity contribution is -0.137. The van der Waals surface area contributed by atoms with E-state index in [2.05, 4.69) is 0 Å². The lowest BCUT2D eigenvalue weighted by Gasteiger charge is -2.06. The summed E-state index contributed by atoms with van der Waals surface area (Å²) < 4.78 is 51.3. The van der Waals surface area contributed by atoms with Crippen molar-refractivity contribution < 1.29 is 17.6 Å². The average Bonchev–Trinajstić information content (AvgIpc) is 2.41. The molecule has 0 radical (unpaired) electrons. The first-order valence-electron chi connectivity index (χ1n) is 6.08. The lowest BCUT2D eigenvalue weighted by atomic mass is 10.1. The molecule has 2 rings (SSSR count). The quantitative estimate of drug-likeness (QED) is 0.461. The van der Waals surface area contributed by atoms with Crippen LogP contribution in [0.5, 0.6) is 0 Å². The SMILES string of the molecule is Cc1cc(/C(F)=C\c2ccc(C(F)(F)F)cc2)ccc1Cl. The maximum Gasteiger partial charge on any atom is 0.416 e. The van der Waals surface area contributed by atoms with Crippen LogP contribution in [-0.4, -0.2) is 0 Å². The maximum atomic E-state index is 14.1. The summed E-state index contributed by atoms with van der Waals surface area (Å²) in [5.74, 6) is -0.533. The van der Waals surface area contributed by atoms with E-state index < -0.39 is 17.6 Å². The lowest BCUT2D eigenvalue weighted by Crippen LogP contribution is -2.03. The Kier molecular flexibility index (Phi) is 4.37. The molecule has 0 heterocycles. The van der Waals surface area contributed by atoms with Gasteiger partial charge < -0.3 is 0 Å². The minimum Gasteiger partial charge on any atom is -0.206 e. The molecule has 0 nitrogen and oxygen atoms in total. The van der Waals surface area contributed by atoms with Gasteiger partial charge in [0.25, 0.3) is 0 Å². The molecule has 0 amide bonds. The molecule has 0 atom stereocenters. The normalized spacial score (nSPS) is 12.6. The number of hydrogen-bond acceptors (Lipinski definition) is 0. The van der Waals surface area contributed by atoms with Crippen LogP contribution in [0.3, 0.4) is 0 Å². The summed E-state index contributed by atoms with van der Waals surface area (Å²) in [4.78, 5) is 0. The first kappa shape index (κ1) is 15.6. The average molecular weight is 315 g/mol. The van der Waals surface area contributed by atoms with Crippen molar-refractivity contribution >= 4 is 23.5 Å². The van der Waals surface area contributed by atoms with Crippen molar-refractivity contribution in [3.8, 4) is 0 Å². The van der Waals surface area contributed by atoms with Gasteiger partial charge in [0.2, 0.25) is 0 Å². The van der Waals surface area contributed by atoms with Crippen LogP contribution in [0.1, 0.15) is 22.3 Å². The highest BCUT2D eigenvalue weighted by atomic mass is 35.5. The highest BCUT2D eigenvalue weighted by Crippen LogP contribution is 2.30. The monoisotopic (exact) mass is 314 g/mol. The second-order valence-electron chi connectivity index (χ2n) is 4.58. The Hall–Kier alpha value is -1.81. The molecule has 0 aliphatic rings. The first-order chi connectivity index (χ1) is 9.77. The Balaban J connectivity index is 2.28. The molecule has 110 valence electrons. The van der Waals surface area contributed by atoms with Gasteiger partial charge >= 0.3 is 6.18 Å². The van der Waals surface area contributed by atoms with E-state index in [0.29, 0.717) is 16.1 Å². The van der Waals surface area contributed by atoms with Gasteiger partial charge in [-0.15, -0.1) is 0 Å². The third kappa shape index (κ3) is 3.85. The summed E-state index contributed by atoms with van der Waals surface area (Å²) in [6.45, 7) is 1.75. The number of alkyl halides is 3. The van der Waals surface area contributed by atoms with Crippen molar-refractivity contribution in [1.82, 2.24) is 0 Å². The first-order valence-corrected chi connectivity index (χ1v) is 6.46. The topological polar surface area (TPSA) is 0 Å². The molecule has 0 saturated heterocycles. The molecule has 0 fully saturated rings. The van der Waals surface area contributed by atoms with Gasteiger partial charge in [0, 0.05) is 10.6 Å². The smallest absolute Gasteiger partial charge is 0.206 e. The molecule has 2 aromatic carbocycles. The number of benzene rings is 2. The van der Waals surface area contributed by atoms with E-state index in [-0.39, 0.29) is 0 Å². The zero-order valence-corrected chi connectivity index (χ0v) is 11.8. The van der Waals surface area contributed by atoms with Crippen molar-refractivity contribution in [3.63, 3.8) is 0 Å². The van der Waals surface area contributed by atoms with Gasteiger partial charge in [0.05, 0.1) is 5.56 Å². The molecule has 0 aromatic heterocycles. The summed E-state index contributed by atoms with van der Waals surface area (Å²) in [6, 6.07) is 8.98. The van der Waals surface area contributed by atoms with E-state index >= 15 is 0 Å². The minimum atomic E-state index is -4.39. The van der Waals surface area contributed by atoms with Crippen molar-refractivity contribution in [2.45, 2.75) is 13.1 Å². The van der Waals surface area contributed by atoms with Gasteiger partial charge in [-0.3, -0.25) is 0 Å². The van der Waals surface area contributed by atoms with Crippen LogP contribution in [0.2, 0.25) is 5.02 Å². The number of halogens is 5. The molecule has 0 aliphatic heterocycles. The highest BCUT2D eigenvalue weighted by Gasteiger charge is 2.29. The summed E-state index contributed by atoms with van der Waals surface area (Å²) in [5.41, 5.74) is 0.650. The summed E-state index contributed by atoms with van der Waals surface area (Å²) in [6.07, 6.45) is -3.21. The third-order valence-corrected chi connectivity index (χ3v) is 3.39. The molecule has 0 bridgehead atoms. The molecule has 2 aromatic rings. The Morgan fingerprint density at radius 2 is 1.67 bits per heavy atom. The molecule has 21 heavy (non-hydrogen) atoms. The van der Waals surface area contributed by atoms with Gasteiger partial charge in [0.1, 0.15) is 5.83 Å². The molecule has 0 N–H and O–H groups in total. The van der Waals surface area contributed by atoms with E-state index in [1.165, 1.54) is 24.3 Å². The molecule has 0 saturated carbocycles. The zero-order valence-electron chi connectivity index (χ0n) is 11.0. The maximum absolute atomic E-state index is 14.1. The Bertz CT molecular complexity index is 670. The Morgan fingerprint density at radius 3 is 2.19 bits per heavy atom. The molecular weight excluding hydrogens is 304 g/mol. The Labute approximate surface area is 124 Å². The van der Waals surface area contributed by atoms with Gasteiger partial charge in [-0.1, -0.05) is 29.8 Å². The van der Waals surface area contributed by atoms with Crippen molar-refractivity contribution in [1.29, 1.82) is 0 Å². The van der Waals surface area contributed by atoms with E-state index in [0.717, 1.165) is 17.7 Å². The van der Waals surface area contributed by atoms with Crippen LogP contribution < -0.4 is 0 Å². The number of hydrogen-bond donors (Lipinski definition) is 0. The second kappa shape index (κ2) is 5.90. The summed E-state index contributed by atoms with van der Waals surface area (Å²) >= 11 is 5.86. The van der Waals surface area contributed by atoms with Crippen LogP contribution in [0.25, 0.3) is 11.9 Å². The fourth-order valence-corrected chi connectivity index (χ4v) is 1.91. The highest BCUT2D eigenvalue weighted by molar-refractivity contribution is 6.31. The zero-order chi connectivity index (χ0) is 15.6. The summed E-state index contributed by atoms with van der Waals surface area (Å²) in [7, 11) is 0. The third-order valence-electron chi connectivity index (χ3n) is 2.97. The molecule has 5 heteroatoms. The van der Waals surface area contributed by atoms with Crippen LogP contribution in [0.15, 0.2) is 42.5 Å². The molecule has 0 spiro atoms. The number of aryl methyl sites for hydroxylation is 1. The van der Waals surface area contributed by atoms with E-state index in [9.17, 15) is 17.6 Å². The number of rotatable bonds is 2. The summed E-state index contributed by atoms with van der Waals surface area (Å²) in [5, 5.41) is 0.529. The standard InChI is InChI=1S/C16H11ClF4/c1-10-8-12(4-7-14(10)17)15(18)9-11-2-5-13(6-3-11)16(19,20)21/h2-9H,1H3/b15-9+. The van der Waals surface area contributed by atoms with Crippen molar-refractivity contribution in [2.75, 3.05) is 0 Å². The fourth-order valence-electron chi connectivity index (χ4n) is 1.79. The van der Waals surface area contributed by atoms with Crippen LogP contribution in [0.4, 0.5) is 17.6 Å². The predicted octanol–water partition coefficient (Wildman–Crippen LogP) is 6.13. The van der Waals surface area contributed by atoms with Gasteiger partial charge in [-0.25, -0.2) is 4.39 Å². The predicted molar refractivity (Wildman–Crippen MR) is 76.6 cm³/mol.